The van der Waals surface area contributed by atoms with E-state index in [1.807, 2.05) is 42.7 Å². The summed E-state index contributed by atoms with van der Waals surface area (Å²) in [6.07, 6.45) is 6.85. The summed E-state index contributed by atoms with van der Waals surface area (Å²) in [6.45, 7) is 10.2. The van der Waals surface area contributed by atoms with Gasteiger partial charge in [-0.3, -0.25) is 0 Å². The zero-order chi connectivity index (χ0) is 26.6. The average Bonchev–Trinajstić information content (AvgIpc) is 2.90. The fraction of sp³-hybridized carbons (Fsp3) is 0.464. The molecule has 0 amide bonds. The SMILES string of the molecule is CCCC1(CC)CN(c2ccccc2)c2cc(SC)c(O/C=C/C(=O)OC(C)(C)C)cc2S(=O)(=O)C1. The van der Waals surface area contributed by atoms with Gasteiger partial charge in [-0.1, -0.05) is 38.5 Å². The summed E-state index contributed by atoms with van der Waals surface area (Å²) in [6, 6.07) is 13.4. The second kappa shape index (κ2) is 11.3. The molecule has 1 heterocycles. The Balaban J connectivity index is 2.11. The van der Waals surface area contributed by atoms with Crippen molar-refractivity contribution in [2.75, 3.05) is 23.5 Å². The van der Waals surface area contributed by atoms with Crippen LogP contribution in [0.25, 0.3) is 0 Å². The van der Waals surface area contributed by atoms with Crippen molar-refractivity contribution in [3.05, 3.63) is 54.8 Å². The van der Waals surface area contributed by atoms with Crippen molar-refractivity contribution in [1.29, 1.82) is 0 Å². The molecule has 0 aromatic heterocycles. The minimum absolute atomic E-state index is 0.0759. The van der Waals surface area contributed by atoms with E-state index in [1.165, 1.54) is 24.1 Å². The third-order valence-corrected chi connectivity index (χ3v) is 9.01. The Morgan fingerprint density at radius 2 is 1.86 bits per heavy atom. The predicted octanol–water partition coefficient (Wildman–Crippen LogP) is 6.76. The number of ether oxygens (including phenoxy) is 2. The normalized spacial score (nSPS) is 19.6. The Bertz CT molecular complexity index is 1200. The van der Waals surface area contributed by atoms with E-state index in [1.54, 1.807) is 26.8 Å². The fourth-order valence-electron chi connectivity index (χ4n) is 4.60. The van der Waals surface area contributed by atoms with Crippen molar-refractivity contribution in [3.8, 4) is 5.75 Å². The molecule has 0 radical (unpaired) electrons. The number of carbonyl (C=O) groups is 1. The Labute approximate surface area is 220 Å². The molecular weight excluding hydrogens is 494 g/mol. The third kappa shape index (κ3) is 6.65. The first kappa shape index (κ1) is 28.1. The number of sulfone groups is 1. The summed E-state index contributed by atoms with van der Waals surface area (Å²) >= 11 is 1.46. The number of rotatable bonds is 8. The van der Waals surface area contributed by atoms with Gasteiger partial charge in [-0.2, -0.15) is 0 Å². The summed E-state index contributed by atoms with van der Waals surface area (Å²) in [5, 5.41) is 0. The second-order valence-corrected chi connectivity index (χ2v) is 13.0. The molecule has 3 rings (SSSR count). The van der Waals surface area contributed by atoms with Crippen LogP contribution in [0.5, 0.6) is 5.75 Å². The van der Waals surface area contributed by atoms with E-state index in [0.29, 0.717) is 18.0 Å². The number of thioether (sulfide) groups is 1. The molecule has 0 spiro atoms. The smallest absolute Gasteiger partial charge is 0.334 e. The molecule has 1 unspecified atom stereocenters. The minimum atomic E-state index is -3.62. The number of benzene rings is 2. The van der Waals surface area contributed by atoms with Crippen molar-refractivity contribution >= 4 is 38.9 Å². The van der Waals surface area contributed by atoms with Crippen LogP contribution in [0.4, 0.5) is 11.4 Å². The van der Waals surface area contributed by atoms with E-state index in [4.69, 9.17) is 9.47 Å². The lowest BCUT2D eigenvalue weighted by Gasteiger charge is -2.36. The maximum absolute atomic E-state index is 13.8. The highest BCUT2D eigenvalue weighted by Gasteiger charge is 2.41. The summed E-state index contributed by atoms with van der Waals surface area (Å²) in [7, 11) is -3.62. The second-order valence-electron chi connectivity index (χ2n) is 10.2. The van der Waals surface area contributed by atoms with Gasteiger partial charge >= 0.3 is 5.97 Å². The van der Waals surface area contributed by atoms with Crippen molar-refractivity contribution in [1.82, 2.24) is 0 Å². The van der Waals surface area contributed by atoms with Crippen LogP contribution >= 0.6 is 11.8 Å². The van der Waals surface area contributed by atoms with Gasteiger partial charge in [0.15, 0.2) is 9.84 Å². The first-order valence-corrected chi connectivity index (χ1v) is 15.1. The van der Waals surface area contributed by atoms with Crippen LogP contribution in [0, 0.1) is 5.41 Å². The van der Waals surface area contributed by atoms with Crippen molar-refractivity contribution < 1.29 is 22.7 Å². The van der Waals surface area contributed by atoms with E-state index in [2.05, 4.69) is 18.7 Å². The number of para-hydroxylation sites is 1. The largest absolute Gasteiger partial charge is 0.464 e. The van der Waals surface area contributed by atoms with Gasteiger partial charge in [0.1, 0.15) is 11.4 Å². The number of carbonyl (C=O) groups excluding carboxylic acids is 1. The Morgan fingerprint density at radius 1 is 1.17 bits per heavy atom. The standard InChI is InChI=1S/C28H37NO5S2/c1-7-15-28(8-2)19-29(21-12-10-9-11-13-21)22-17-24(35-6)23(18-25(22)36(31,32)20-28)33-16-14-26(30)34-27(3,4)5/h9-14,16-18H,7-8,15,19-20H2,1-6H3/b16-14+. The lowest BCUT2D eigenvalue weighted by atomic mass is 9.82. The molecular formula is C28H37NO5S2. The average molecular weight is 532 g/mol. The van der Waals surface area contributed by atoms with Crippen LogP contribution in [0.1, 0.15) is 53.9 Å². The third-order valence-electron chi connectivity index (χ3n) is 6.26. The number of anilines is 2. The van der Waals surface area contributed by atoms with E-state index >= 15 is 0 Å². The van der Waals surface area contributed by atoms with E-state index in [9.17, 15) is 13.2 Å². The van der Waals surface area contributed by atoms with Crippen LogP contribution in [0.3, 0.4) is 0 Å². The molecule has 0 saturated heterocycles. The van der Waals surface area contributed by atoms with Gasteiger partial charge in [0, 0.05) is 23.7 Å². The number of hydrogen-bond donors (Lipinski definition) is 0. The molecule has 1 aliphatic rings. The molecule has 0 aliphatic carbocycles. The number of esters is 1. The van der Waals surface area contributed by atoms with Gasteiger partial charge in [-0.05, 0) is 58.1 Å². The maximum Gasteiger partial charge on any atom is 0.334 e. The minimum Gasteiger partial charge on any atom is -0.464 e. The van der Waals surface area contributed by atoms with Crippen LogP contribution < -0.4 is 9.64 Å². The van der Waals surface area contributed by atoms with Gasteiger partial charge in [0.05, 0.1) is 33.6 Å². The maximum atomic E-state index is 13.8. The van der Waals surface area contributed by atoms with Crippen LogP contribution in [0.15, 0.2) is 64.6 Å². The summed E-state index contributed by atoms with van der Waals surface area (Å²) in [5.41, 5.74) is 0.616. The highest BCUT2D eigenvalue weighted by Crippen LogP contribution is 2.47. The zero-order valence-electron chi connectivity index (χ0n) is 22.0. The fourth-order valence-corrected chi connectivity index (χ4v) is 7.31. The van der Waals surface area contributed by atoms with Gasteiger partial charge in [0.2, 0.25) is 0 Å². The molecule has 36 heavy (non-hydrogen) atoms. The Morgan fingerprint density at radius 3 is 2.44 bits per heavy atom. The van der Waals surface area contributed by atoms with Crippen LogP contribution in [-0.2, 0) is 19.4 Å². The molecule has 0 N–H and O–H groups in total. The summed E-state index contributed by atoms with van der Waals surface area (Å²) in [4.78, 5) is 15.2. The first-order chi connectivity index (χ1) is 16.9. The monoisotopic (exact) mass is 531 g/mol. The van der Waals surface area contributed by atoms with Gasteiger partial charge in [-0.25, -0.2) is 13.2 Å². The quantitative estimate of drug-likeness (QED) is 0.161. The van der Waals surface area contributed by atoms with E-state index < -0.39 is 21.4 Å². The Hall–Kier alpha value is -2.45. The lowest BCUT2D eigenvalue weighted by Crippen LogP contribution is -2.37. The number of fused-ring (bicyclic) bond motifs is 1. The number of hydrogen-bond acceptors (Lipinski definition) is 7. The van der Waals surface area contributed by atoms with E-state index in [-0.39, 0.29) is 16.1 Å². The molecule has 0 saturated carbocycles. The molecule has 0 bridgehead atoms. The van der Waals surface area contributed by atoms with Crippen LogP contribution in [0.2, 0.25) is 0 Å². The van der Waals surface area contributed by atoms with Crippen molar-refractivity contribution in [3.63, 3.8) is 0 Å². The zero-order valence-corrected chi connectivity index (χ0v) is 23.7. The molecule has 1 atom stereocenters. The molecule has 1 aliphatic heterocycles. The summed E-state index contributed by atoms with van der Waals surface area (Å²) in [5.74, 6) is -0.0674. The molecule has 2 aromatic rings. The van der Waals surface area contributed by atoms with Crippen molar-refractivity contribution in [2.45, 2.75) is 69.3 Å². The molecule has 8 heteroatoms. The first-order valence-electron chi connectivity index (χ1n) is 12.3. The highest BCUT2D eigenvalue weighted by atomic mass is 32.2. The highest BCUT2D eigenvalue weighted by molar-refractivity contribution is 7.98. The predicted molar refractivity (Wildman–Crippen MR) is 147 cm³/mol. The lowest BCUT2D eigenvalue weighted by molar-refractivity contribution is -0.148. The van der Waals surface area contributed by atoms with Crippen LogP contribution in [-0.4, -0.2) is 38.5 Å². The Kier molecular flexibility index (Phi) is 8.83. The van der Waals surface area contributed by atoms with Gasteiger partial charge in [-0.15, -0.1) is 11.8 Å². The van der Waals surface area contributed by atoms with Crippen molar-refractivity contribution in [2.24, 2.45) is 5.41 Å². The summed E-state index contributed by atoms with van der Waals surface area (Å²) < 4.78 is 38.7. The molecule has 0 fully saturated rings. The molecule has 6 nitrogen and oxygen atoms in total. The van der Waals surface area contributed by atoms with E-state index in [0.717, 1.165) is 29.8 Å². The van der Waals surface area contributed by atoms with Gasteiger partial charge in [0.25, 0.3) is 0 Å². The number of nitrogens with zero attached hydrogens (tertiary/aromatic N) is 1. The molecule has 196 valence electrons. The molecule has 2 aromatic carbocycles. The van der Waals surface area contributed by atoms with Gasteiger partial charge < -0.3 is 14.4 Å². The topological polar surface area (TPSA) is 72.9 Å².